The third-order valence-electron chi connectivity index (χ3n) is 9.69. The van der Waals surface area contributed by atoms with Crippen LogP contribution in [-0.2, 0) is 21.1 Å². The molecule has 0 saturated carbocycles. The molecule has 238 valence electrons. The third kappa shape index (κ3) is 4.37. The van der Waals surface area contributed by atoms with Gasteiger partial charge in [0, 0.05) is 22.5 Å². The van der Waals surface area contributed by atoms with Crippen LogP contribution in [0.15, 0.2) is 158 Å². The van der Waals surface area contributed by atoms with Crippen LogP contribution in [0.2, 0.25) is 0 Å². The van der Waals surface area contributed by atoms with Crippen LogP contribution in [-0.4, -0.2) is 37.2 Å². The van der Waals surface area contributed by atoms with E-state index >= 15 is 0 Å². The van der Waals surface area contributed by atoms with E-state index < -0.39 is 8.07 Å². The molecule has 10 rings (SSSR count). The van der Waals surface area contributed by atoms with E-state index in [1.54, 1.807) is 6.33 Å². The first-order valence-corrected chi connectivity index (χ1v) is 18.2. The molecule has 6 nitrogen and oxygen atoms in total. The summed E-state index contributed by atoms with van der Waals surface area (Å²) in [6, 6.07) is 56.8. The zero-order valence-corrected chi connectivity index (χ0v) is 29.8. The Hall–Kier alpha value is -5.75. The fourth-order valence-electron chi connectivity index (χ4n) is 7.58. The Morgan fingerprint density at radius 2 is 1.20 bits per heavy atom. The second-order valence-electron chi connectivity index (χ2n) is 12.2. The molecule has 0 radical (unpaired) electrons. The van der Waals surface area contributed by atoms with Crippen LogP contribution in [0.3, 0.4) is 0 Å². The normalized spacial score (nSPS) is 11.8. The van der Waals surface area contributed by atoms with Crippen molar-refractivity contribution in [3.8, 4) is 5.69 Å². The zero-order valence-electron chi connectivity index (χ0n) is 26.5. The number of aromatic nitrogens is 6. The summed E-state index contributed by atoms with van der Waals surface area (Å²) in [5.41, 5.74) is 4.72. The van der Waals surface area contributed by atoms with Gasteiger partial charge in [-0.15, -0.1) is 11.5 Å². The Morgan fingerprint density at radius 1 is 0.540 bits per heavy atom. The average Bonchev–Trinajstić information content (AvgIpc) is 3.81. The second kappa shape index (κ2) is 12.0. The maximum atomic E-state index is 5.35. The fraction of sp³-hybridized carbons (Fsp3) is 0. The van der Waals surface area contributed by atoms with Crippen LogP contribution in [0.5, 0.6) is 0 Å². The number of benzene rings is 5. The summed E-state index contributed by atoms with van der Waals surface area (Å²) < 4.78 is 4.28. The van der Waals surface area contributed by atoms with E-state index in [2.05, 4.69) is 154 Å². The minimum atomic E-state index is -3.14. The summed E-state index contributed by atoms with van der Waals surface area (Å²) in [7, 11) is -3.14. The second-order valence-corrected chi connectivity index (χ2v) is 15.9. The zero-order chi connectivity index (χ0) is 32.4. The van der Waals surface area contributed by atoms with E-state index in [1.165, 1.54) is 10.4 Å². The fourth-order valence-corrected chi connectivity index (χ4v) is 12.0. The molecular weight excluding hydrogens is 812 g/mol. The molecule has 0 spiro atoms. The molecule has 0 bridgehead atoms. The van der Waals surface area contributed by atoms with Crippen LogP contribution in [0.1, 0.15) is 0 Å². The van der Waals surface area contributed by atoms with Gasteiger partial charge in [-0.2, -0.15) is 39.6 Å². The molecule has 0 aliphatic rings. The molecule has 0 atom stereocenters. The van der Waals surface area contributed by atoms with Gasteiger partial charge in [-0.3, -0.25) is 4.98 Å². The van der Waals surface area contributed by atoms with Gasteiger partial charge >= 0.3 is 21.1 Å². The third-order valence-corrected chi connectivity index (χ3v) is 14.2. The van der Waals surface area contributed by atoms with E-state index in [1.807, 2.05) is 28.9 Å². The molecule has 0 saturated heterocycles. The Bertz CT molecular complexity index is 2760. The summed E-state index contributed by atoms with van der Waals surface area (Å²) in [5, 5.41) is 18.5. The first-order valence-electron chi connectivity index (χ1n) is 16.2. The number of fused-ring (bicyclic) bond motifs is 9. The van der Waals surface area contributed by atoms with Crippen molar-refractivity contribution >= 4 is 78.2 Å². The van der Waals surface area contributed by atoms with E-state index in [4.69, 9.17) is 9.97 Å². The van der Waals surface area contributed by atoms with Crippen molar-refractivity contribution in [1.82, 2.24) is 29.1 Å². The molecule has 8 heteroatoms. The van der Waals surface area contributed by atoms with E-state index in [-0.39, 0.29) is 21.1 Å². The van der Waals surface area contributed by atoms with Crippen molar-refractivity contribution in [1.29, 1.82) is 0 Å². The number of hydrogen-bond acceptors (Lipinski definition) is 4. The molecule has 0 N–H and O–H groups in total. The van der Waals surface area contributed by atoms with Gasteiger partial charge < -0.3 is 8.97 Å². The van der Waals surface area contributed by atoms with Gasteiger partial charge in [0.05, 0.1) is 11.2 Å². The SMILES string of the molecule is [Pt+2].[c-]1c(-n2c3ccccc3c3cccnc32)cccc1[Si](c1ccccc1)(c1ccccc1)c1[c-]c2c(cn1)c1ccccc1n1cnnc21. The summed E-state index contributed by atoms with van der Waals surface area (Å²) in [5.74, 6) is 0. The summed E-state index contributed by atoms with van der Waals surface area (Å²) >= 11 is 0. The molecular formula is C42H26N6PtSi. The molecule has 10 aromatic rings. The Morgan fingerprint density at radius 3 is 1.96 bits per heavy atom. The number of rotatable bonds is 5. The van der Waals surface area contributed by atoms with Crippen LogP contribution in [0.4, 0.5) is 0 Å². The standard InChI is InChI=1S/C42H26N6Si.Pt/c1-3-14-30(15-4-1)49(31-16-5-2-6-17-31,40-26-36-37(27-44-40)34-20-7-9-22-38(34)47-28-45-46-42(36)47)32-18-11-13-29(25-32)48-39-23-10-8-19-33(39)35-21-12-24-43-41(35)48;/h1-24,27-28H;/q-2;+2. The van der Waals surface area contributed by atoms with Crippen LogP contribution < -0.4 is 20.9 Å². The summed E-state index contributed by atoms with van der Waals surface area (Å²) in [6.07, 6.45) is 5.64. The molecule has 0 amide bonds. The number of para-hydroxylation sites is 2. The van der Waals surface area contributed by atoms with E-state index in [0.717, 1.165) is 65.5 Å². The molecule has 0 aliphatic heterocycles. The van der Waals surface area contributed by atoms with Gasteiger partial charge in [0.15, 0.2) is 8.07 Å². The monoisotopic (exact) mass is 837 g/mol. The maximum Gasteiger partial charge on any atom is 2.00 e. The molecule has 0 aliphatic carbocycles. The molecule has 5 aromatic heterocycles. The molecule has 5 aromatic carbocycles. The van der Waals surface area contributed by atoms with Crippen LogP contribution in [0, 0.1) is 12.1 Å². The number of pyridine rings is 3. The van der Waals surface area contributed by atoms with Crippen molar-refractivity contribution < 1.29 is 21.1 Å². The van der Waals surface area contributed by atoms with E-state index in [9.17, 15) is 0 Å². The molecule has 50 heavy (non-hydrogen) atoms. The smallest absolute Gasteiger partial charge is 0.337 e. The maximum absolute atomic E-state index is 5.35. The van der Waals surface area contributed by atoms with Gasteiger partial charge in [0.25, 0.3) is 0 Å². The van der Waals surface area contributed by atoms with Crippen molar-refractivity contribution in [2.24, 2.45) is 0 Å². The predicted octanol–water partition coefficient (Wildman–Crippen LogP) is 5.90. The first kappa shape index (κ1) is 30.3. The Balaban J connectivity index is 0.00000336. The number of nitrogens with zero attached hydrogens (tertiary/aromatic N) is 6. The van der Waals surface area contributed by atoms with Gasteiger partial charge in [-0.1, -0.05) is 108 Å². The van der Waals surface area contributed by atoms with Gasteiger partial charge in [-0.25, -0.2) is 4.98 Å². The van der Waals surface area contributed by atoms with Gasteiger partial charge in [0.1, 0.15) is 12.0 Å². The van der Waals surface area contributed by atoms with Crippen molar-refractivity contribution in [3.05, 3.63) is 170 Å². The molecule has 0 fully saturated rings. The van der Waals surface area contributed by atoms with Gasteiger partial charge in [-0.05, 0) is 51.5 Å². The molecule has 0 unspecified atom stereocenters. The van der Waals surface area contributed by atoms with Crippen molar-refractivity contribution in [3.63, 3.8) is 0 Å². The Labute approximate surface area is 303 Å². The quantitative estimate of drug-likeness (QED) is 0.0939. The minimum absolute atomic E-state index is 0. The first-order chi connectivity index (χ1) is 24.3. The molecule has 5 heterocycles. The van der Waals surface area contributed by atoms with Crippen molar-refractivity contribution in [2.75, 3.05) is 0 Å². The summed E-state index contributed by atoms with van der Waals surface area (Å²) in [6.45, 7) is 0. The van der Waals surface area contributed by atoms with Crippen LogP contribution in [0.25, 0.3) is 54.9 Å². The van der Waals surface area contributed by atoms with Crippen LogP contribution >= 0.6 is 0 Å². The predicted molar refractivity (Wildman–Crippen MR) is 199 cm³/mol. The topological polar surface area (TPSA) is 60.9 Å². The van der Waals surface area contributed by atoms with Crippen molar-refractivity contribution in [2.45, 2.75) is 0 Å². The summed E-state index contributed by atoms with van der Waals surface area (Å²) in [4.78, 5) is 10.2. The van der Waals surface area contributed by atoms with Gasteiger partial charge in [0.2, 0.25) is 0 Å². The minimum Gasteiger partial charge on any atom is -0.337 e. The largest absolute Gasteiger partial charge is 2.00 e. The van der Waals surface area contributed by atoms with E-state index in [0.29, 0.717) is 0 Å². The Kier molecular flexibility index (Phi) is 7.27. The average molecular weight is 838 g/mol. The number of hydrogen-bond donors (Lipinski definition) is 0.